The lowest BCUT2D eigenvalue weighted by Gasteiger charge is -2.25. The highest BCUT2D eigenvalue weighted by Crippen LogP contribution is 2.26. The first-order valence-electron chi connectivity index (χ1n) is 10.0. The number of carbonyl (C=O) groups excluding carboxylic acids is 1. The Morgan fingerprint density at radius 3 is 2.19 bits per heavy atom. The molecule has 0 bridgehead atoms. The predicted molar refractivity (Wildman–Crippen MR) is 120 cm³/mol. The van der Waals surface area contributed by atoms with Crippen molar-refractivity contribution in [3.8, 4) is 0 Å². The van der Waals surface area contributed by atoms with Gasteiger partial charge in [-0.25, -0.2) is 12.8 Å². The molecule has 0 spiro atoms. The summed E-state index contributed by atoms with van der Waals surface area (Å²) in [5.41, 5.74) is 1.90. The van der Waals surface area contributed by atoms with E-state index in [0.717, 1.165) is 16.3 Å². The van der Waals surface area contributed by atoms with Crippen molar-refractivity contribution < 1.29 is 17.6 Å². The fourth-order valence-electron chi connectivity index (χ4n) is 3.22. The van der Waals surface area contributed by atoms with Gasteiger partial charge in [0.2, 0.25) is 5.91 Å². The molecule has 1 N–H and O–H groups in total. The van der Waals surface area contributed by atoms with E-state index in [1.54, 1.807) is 18.2 Å². The Bertz CT molecular complexity index is 1130. The maximum atomic E-state index is 14.5. The molecule has 162 valence electrons. The number of hydrogen-bond donors (Lipinski definition) is 1. The molecule has 31 heavy (non-hydrogen) atoms. The molecule has 0 saturated heterocycles. The van der Waals surface area contributed by atoms with Gasteiger partial charge in [0.15, 0.2) is 0 Å². The van der Waals surface area contributed by atoms with Crippen molar-refractivity contribution in [2.24, 2.45) is 0 Å². The summed E-state index contributed by atoms with van der Waals surface area (Å²) < 4.78 is 41.8. The van der Waals surface area contributed by atoms with Crippen LogP contribution in [0.2, 0.25) is 0 Å². The Morgan fingerprint density at radius 2 is 1.58 bits per heavy atom. The van der Waals surface area contributed by atoms with Crippen LogP contribution < -0.4 is 9.62 Å². The van der Waals surface area contributed by atoms with E-state index in [1.807, 2.05) is 31.2 Å². The molecule has 1 amide bonds. The summed E-state index contributed by atoms with van der Waals surface area (Å²) in [4.78, 5) is 12.8. The fourth-order valence-corrected chi connectivity index (χ4v) is 4.67. The van der Waals surface area contributed by atoms with Gasteiger partial charge in [-0.2, -0.15) is 0 Å². The third kappa shape index (κ3) is 5.30. The molecular formula is C24H25FN2O3S. The largest absolute Gasteiger partial charge is 0.348 e. The van der Waals surface area contributed by atoms with Gasteiger partial charge in [0.1, 0.15) is 12.4 Å². The molecule has 5 nitrogen and oxygen atoms in total. The normalized spacial score (nSPS) is 12.2. The summed E-state index contributed by atoms with van der Waals surface area (Å²) in [6.07, 6.45) is 0.913. The van der Waals surface area contributed by atoms with Crippen molar-refractivity contribution in [1.29, 1.82) is 0 Å². The molecule has 0 aliphatic rings. The Kier molecular flexibility index (Phi) is 7.07. The first-order chi connectivity index (χ1) is 14.8. The van der Waals surface area contributed by atoms with Crippen LogP contribution in [0.4, 0.5) is 10.1 Å². The molecule has 3 aromatic carbocycles. The summed E-state index contributed by atoms with van der Waals surface area (Å²) >= 11 is 0. The summed E-state index contributed by atoms with van der Waals surface area (Å²) in [5.74, 6) is -1.26. The number of sulfonamides is 1. The highest BCUT2D eigenvalue weighted by molar-refractivity contribution is 7.92. The van der Waals surface area contributed by atoms with E-state index in [1.165, 1.54) is 42.0 Å². The number of nitrogens with zero attached hydrogens (tertiary/aromatic N) is 1. The van der Waals surface area contributed by atoms with Gasteiger partial charge in [-0.1, -0.05) is 61.5 Å². The zero-order valence-corrected chi connectivity index (χ0v) is 18.3. The molecule has 0 aromatic heterocycles. The van der Waals surface area contributed by atoms with E-state index in [2.05, 4.69) is 12.2 Å². The zero-order chi connectivity index (χ0) is 22.4. The highest BCUT2D eigenvalue weighted by Gasteiger charge is 2.29. The van der Waals surface area contributed by atoms with Gasteiger partial charge >= 0.3 is 0 Å². The second-order valence-electron chi connectivity index (χ2n) is 7.16. The van der Waals surface area contributed by atoms with E-state index in [9.17, 15) is 17.6 Å². The molecular weight excluding hydrogens is 415 g/mol. The van der Waals surface area contributed by atoms with Crippen LogP contribution in [0.5, 0.6) is 0 Å². The number of carbonyl (C=O) groups is 1. The maximum Gasteiger partial charge on any atom is 0.264 e. The molecule has 0 heterocycles. The number of para-hydroxylation sites is 1. The van der Waals surface area contributed by atoms with Crippen LogP contribution in [0, 0.1) is 5.82 Å². The summed E-state index contributed by atoms with van der Waals surface area (Å²) in [6.45, 7) is 3.33. The number of hydrogen-bond acceptors (Lipinski definition) is 3. The molecule has 0 aliphatic heterocycles. The smallest absolute Gasteiger partial charge is 0.264 e. The van der Waals surface area contributed by atoms with E-state index in [0.29, 0.717) is 0 Å². The minimum absolute atomic E-state index is 0.0192. The Balaban J connectivity index is 1.86. The Labute approximate surface area is 182 Å². The second kappa shape index (κ2) is 9.75. The van der Waals surface area contributed by atoms with Crippen LogP contribution in [0.15, 0.2) is 83.8 Å². The molecule has 7 heteroatoms. The van der Waals surface area contributed by atoms with E-state index in [-0.39, 0.29) is 16.6 Å². The average molecular weight is 441 g/mol. The third-order valence-electron chi connectivity index (χ3n) is 5.01. The lowest BCUT2D eigenvalue weighted by Crippen LogP contribution is -2.42. The Hall–Kier alpha value is -3.19. The molecule has 3 rings (SSSR count). The van der Waals surface area contributed by atoms with E-state index < -0.39 is 28.3 Å². The first-order valence-corrected chi connectivity index (χ1v) is 11.5. The van der Waals surface area contributed by atoms with Gasteiger partial charge in [-0.3, -0.25) is 9.10 Å². The van der Waals surface area contributed by atoms with Gasteiger partial charge in [0, 0.05) is 0 Å². The Morgan fingerprint density at radius 1 is 0.968 bits per heavy atom. The second-order valence-corrected chi connectivity index (χ2v) is 9.02. The summed E-state index contributed by atoms with van der Waals surface area (Å²) in [7, 11) is -4.15. The van der Waals surface area contributed by atoms with Gasteiger partial charge in [0.25, 0.3) is 10.0 Å². The molecule has 0 radical (unpaired) electrons. The molecule has 3 aromatic rings. The third-order valence-corrected chi connectivity index (χ3v) is 6.78. The van der Waals surface area contributed by atoms with Crippen molar-refractivity contribution >= 4 is 21.6 Å². The molecule has 0 fully saturated rings. The minimum Gasteiger partial charge on any atom is -0.348 e. The summed E-state index contributed by atoms with van der Waals surface area (Å²) in [5, 5.41) is 2.81. The SMILES string of the molecule is CCc1ccc([C@@H](C)NC(=O)CN(c2ccccc2F)S(=O)(=O)c2ccccc2)cc1. The number of aryl methyl sites for hydroxylation is 1. The van der Waals surface area contributed by atoms with Crippen molar-refractivity contribution in [2.75, 3.05) is 10.8 Å². The van der Waals surface area contributed by atoms with Crippen molar-refractivity contribution in [3.05, 3.63) is 95.8 Å². The van der Waals surface area contributed by atoms with Crippen LogP contribution in [0.25, 0.3) is 0 Å². The van der Waals surface area contributed by atoms with Crippen molar-refractivity contribution in [1.82, 2.24) is 5.32 Å². The standard InChI is InChI=1S/C24H25FN2O3S/c1-3-19-13-15-20(16-14-19)18(2)26-24(28)17-27(23-12-8-7-11-22(23)25)31(29,30)21-9-5-4-6-10-21/h4-16,18H,3,17H2,1-2H3,(H,26,28)/t18-/m1/s1. The quantitative estimate of drug-likeness (QED) is 0.562. The molecule has 1 atom stereocenters. The number of amides is 1. The number of benzene rings is 3. The molecule has 0 saturated carbocycles. The van der Waals surface area contributed by atoms with Crippen molar-refractivity contribution in [3.63, 3.8) is 0 Å². The number of nitrogens with one attached hydrogen (secondary N) is 1. The van der Waals surface area contributed by atoms with Gasteiger partial charge < -0.3 is 5.32 Å². The van der Waals surface area contributed by atoms with Crippen LogP contribution in [-0.2, 0) is 21.2 Å². The lowest BCUT2D eigenvalue weighted by atomic mass is 10.1. The van der Waals surface area contributed by atoms with Crippen LogP contribution in [0.3, 0.4) is 0 Å². The minimum atomic E-state index is -4.15. The monoisotopic (exact) mass is 440 g/mol. The van der Waals surface area contributed by atoms with Gasteiger partial charge in [0.05, 0.1) is 16.6 Å². The van der Waals surface area contributed by atoms with E-state index in [4.69, 9.17) is 0 Å². The molecule has 0 aliphatic carbocycles. The molecule has 0 unspecified atom stereocenters. The summed E-state index contributed by atoms with van der Waals surface area (Å²) in [6, 6.07) is 20.7. The van der Waals surface area contributed by atoms with E-state index >= 15 is 0 Å². The van der Waals surface area contributed by atoms with Crippen LogP contribution in [0.1, 0.15) is 31.0 Å². The zero-order valence-electron chi connectivity index (χ0n) is 17.5. The number of anilines is 1. The van der Waals surface area contributed by atoms with Crippen LogP contribution in [-0.4, -0.2) is 20.9 Å². The topological polar surface area (TPSA) is 66.5 Å². The number of halogens is 1. The van der Waals surface area contributed by atoms with Crippen molar-refractivity contribution in [2.45, 2.75) is 31.2 Å². The predicted octanol–water partition coefficient (Wildman–Crippen LogP) is 4.46. The number of rotatable bonds is 8. The fraction of sp³-hybridized carbons (Fsp3) is 0.208. The van der Waals surface area contributed by atoms with Gasteiger partial charge in [-0.15, -0.1) is 0 Å². The maximum absolute atomic E-state index is 14.5. The average Bonchev–Trinajstić information content (AvgIpc) is 2.78. The highest BCUT2D eigenvalue weighted by atomic mass is 32.2. The first kappa shape index (κ1) is 22.5. The van der Waals surface area contributed by atoms with Gasteiger partial charge in [-0.05, 0) is 48.7 Å². The lowest BCUT2D eigenvalue weighted by molar-refractivity contribution is -0.120. The van der Waals surface area contributed by atoms with Crippen LogP contribution >= 0.6 is 0 Å².